The first-order valence-corrected chi connectivity index (χ1v) is 12.4. The maximum absolute atomic E-state index is 11.5. The van der Waals surface area contributed by atoms with Crippen LogP contribution in [0.4, 0.5) is 22.2 Å². The van der Waals surface area contributed by atoms with Gasteiger partial charge in [-0.05, 0) is 36.7 Å². The minimum absolute atomic E-state index is 0. The number of azo groups is 1. The van der Waals surface area contributed by atoms with Crippen molar-refractivity contribution in [3.63, 3.8) is 0 Å². The Kier molecular flexibility index (Phi) is 11.4. The largest absolute Gasteiger partial charge is 1.00 e. The summed E-state index contributed by atoms with van der Waals surface area (Å²) in [5.41, 5.74) is 6.55. The quantitative estimate of drug-likeness (QED) is 0.110. The summed E-state index contributed by atoms with van der Waals surface area (Å²) in [5.74, 6) is -0.464. The van der Waals surface area contributed by atoms with Crippen molar-refractivity contribution in [1.29, 1.82) is 0 Å². The van der Waals surface area contributed by atoms with Gasteiger partial charge in [0.1, 0.15) is 27.2 Å². The van der Waals surface area contributed by atoms with E-state index in [1.54, 1.807) is 6.92 Å². The van der Waals surface area contributed by atoms with E-state index in [4.69, 9.17) is 16.5 Å². The zero-order chi connectivity index (χ0) is 25.4. The van der Waals surface area contributed by atoms with Crippen molar-refractivity contribution in [3.05, 3.63) is 41.0 Å². The van der Waals surface area contributed by atoms with Crippen molar-refractivity contribution < 1.29 is 85.0 Å². The first-order chi connectivity index (χ1) is 15.7. The minimum Gasteiger partial charge on any atom is -0.744 e. The van der Waals surface area contributed by atoms with Gasteiger partial charge in [0.05, 0.1) is 22.9 Å². The van der Waals surface area contributed by atoms with E-state index in [2.05, 4.69) is 24.5 Å². The predicted octanol–water partition coefficient (Wildman–Crippen LogP) is -2.43. The summed E-state index contributed by atoms with van der Waals surface area (Å²) in [6, 6.07) is 2.79. The Morgan fingerprint density at radius 2 is 1.92 bits per heavy atom. The molecule has 0 aliphatic rings. The molecule has 0 saturated heterocycles. The molecule has 36 heavy (non-hydrogen) atoms. The first-order valence-electron chi connectivity index (χ1n) is 9.26. The average molecular weight is 570 g/mol. The van der Waals surface area contributed by atoms with E-state index in [1.807, 2.05) is 20.8 Å². The number of aryl methyl sites for hydroxylation is 1. The molecule has 0 bridgehead atoms. The molecule has 2 N–H and O–H groups in total. The van der Waals surface area contributed by atoms with E-state index >= 15 is 0 Å². The summed E-state index contributed by atoms with van der Waals surface area (Å²) in [5, 5.41) is 12.9. The van der Waals surface area contributed by atoms with Crippen molar-refractivity contribution in [2.24, 2.45) is 10.2 Å². The Hall–Kier alpha value is -1.23. The molecule has 3 aromatic rings. The van der Waals surface area contributed by atoms with Crippen molar-refractivity contribution in [3.8, 4) is 11.4 Å². The molecule has 0 aliphatic heterocycles. The smallest absolute Gasteiger partial charge is 0.744 e. The van der Waals surface area contributed by atoms with Gasteiger partial charge in [-0.15, -0.1) is 10.2 Å². The van der Waals surface area contributed by atoms with Gasteiger partial charge in [-0.25, -0.2) is 26.5 Å². The van der Waals surface area contributed by atoms with Crippen LogP contribution in [0.5, 0.6) is 5.75 Å². The van der Waals surface area contributed by atoms with Crippen LogP contribution in [0.2, 0.25) is 0 Å². The van der Waals surface area contributed by atoms with Gasteiger partial charge in [0.25, 0.3) is 0 Å². The fraction of sp³-hybridized carbons (Fsp3) is 0.278. The van der Waals surface area contributed by atoms with Crippen LogP contribution >= 0.6 is 11.5 Å². The van der Waals surface area contributed by atoms with E-state index < -0.39 is 31.8 Å². The fourth-order valence-electron chi connectivity index (χ4n) is 2.81. The molecule has 2 heterocycles. The number of rotatable bonds is 6. The maximum atomic E-state index is 11.5. The van der Waals surface area contributed by atoms with Gasteiger partial charge < -0.3 is 19.0 Å². The van der Waals surface area contributed by atoms with Gasteiger partial charge >= 0.3 is 59.1 Å². The normalized spacial score (nSPS) is 12.5. The molecule has 1 atom stereocenters. The molecule has 0 fully saturated rings. The molecule has 0 spiro atoms. The molecule has 2 aromatic heterocycles. The molecule has 1 unspecified atom stereocenters. The molecule has 1 aromatic carbocycles. The van der Waals surface area contributed by atoms with E-state index in [9.17, 15) is 21.7 Å². The van der Waals surface area contributed by atoms with Crippen molar-refractivity contribution in [2.45, 2.75) is 38.0 Å². The van der Waals surface area contributed by atoms with Crippen LogP contribution in [0.1, 0.15) is 32.2 Å². The Bertz CT molecular complexity index is 1470. The third kappa shape index (κ3) is 7.20. The van der Waals surface area contributed by atoms with Gasteiger partial charge in [0.15, 0.2) is 22.3 Å². The van der Waals surface area contributed by atoms with Gasteiger partial charge in [-0.2, -0.15) is 5.10 Å². The topological polar surface area (TPSA) is 192 Å². The van der Waals surface area contributed by atoms with Crippen LogP contribution in [0.15, 0.2) is 33.3 Å². The molecular formula is C18H17N7Na2O6S3. The zero-order valence-electron chi connectivity index (χ0n) is 20.2. The Morgan fingerprint density at radius 1 is 1.28 bits per heavy atom. The second-order valence-electron chi connectivity index (χ2n) is 7.85. The number of benzene rings is 1. The first kappa shape index (κ1) is 32.8. The van der Waals surface area contributed by atoms with Gasteiger partial charge in [0.2, 0.25) is 5.69 Å². The Labute approximate surface area is 258 Å². The van der Waals surface area contributed by atoms with Gasteiger partial charge in [-0.1, -0.05) is 20.8 Å². The second-order valence-corrected chi connectivity index (χ2v) is 10.6. The molecule has 180 valence electrons. The van der Waals surface area contributed by atoms with Crippen LogP contribution in [0.3, 0.4) is 0 Å². The number of nitrogens with zero attached hydrogens (tertiary/aromatic N) is 6. The number of anilines is 1. The minimum atomic E-state index is -4.89. The predicted molar refractivity (Wildman–Crippen MR) is 121 cm³/mol. The van der Waals surface area contributed by atoms with E-state index in [1.165, 1.54) is 0 Å². The van der Waals surface area contributed by atoms with Gasteiger partial charge in [-0.3, -0.25) is 0 Å². The fourth-order valence-corrected chi connectivity index (χ4v) is 4.26. The Morgan fingerprint density at radius 3 is 2.44 bits per heavy atom. The average Bonchev–Trinajstić information content (AvgIpc) is 3.24. The third-order valence-corrected chi connectivity index (χ3v) is 6.34. The standard InChI is InChI=1S/C18H19N7O6S3.2Na/c1-9-13(20-5)17(32-24-9)22-21-14-15(18(2,3)4)23-25(16(14)19)11-8-10(34(28,29)30)6-7-12(11)31-33(26)27;;/h6-8H,19H2,1-4H3,(H,26,27)(H,28,29,30);;/q;2*+1/p-2. The van der Waals surface area contributed by atoms with Gasteiger partial charge in [0, 0.05) is 5.41 Å². The number of aromatic nitrogens is 3. The number of nitrogen functional groups attached to an aromatic ring is 1. The van der Waals surface area contributed by atoms with Crippen LogP contribution in [-0.2, 0) is 26.9 Å². The second kappa shape index (κ2) is 12.5. The van der Waals surface area contributed by atoms with Crippen molar-refractivity contribution in [1.82, 2.24) is 14.2 Å². The molecule has 3 rings (SSSR count). The molecule has 0 radical (unpaired) electrons. The monoisotopic (exact) mass is 569 g/mol. The maximum Gasteiger partial charge on any atom is 1.00 e. The molecule has 0 aliphatic carbocycles. The summed E-state index contributed by atoms with van der Waals surface area (Å²) in [4.78, 5) is 2.74. The third-order valence-electron chi connectivity index (χ3n) is 4.38. The van der Waals surface area contributed by atoms with E-state index in [0.29, 0.717) is 11.4 Å². The van der Waals surface area contributed by atoms with Crippen LogP contribution in [0, 0.1) is 13.5 Å². The number of hydrogen-bond donors (Lipinski definition) is 1. The van der Waals surface area contributed by atoms with Crippen LogP contribution < -0.4 is 69.0 Å². The summed E-state index contributed by atoms with van der Waals surface area (Å²) >= 11 is -2.04. The summed E-state index contributed by atoms with van der Waals surface area (Å²) in [7, 11) is -4.89. The molecule has 0 amide bonds. The van der Waals surface area contributed by atoms with Crippen molar-refractivity contribution >= 4 is 55.2 Å². The SMILES string of the molecule is [C-]#[N+]c1c(C)nsc1N=Nc1c(C(C)(C)C)nn(-c2cc(S(=O)(=O)[O-])ccc2OS(=O)[O-])c1N.[Na+].[Na+]. The molecule has 18 heteroatoms. The molecule has 13 nitrogen and oxygen atoms in total. The van der Waals surface area contributed by atoms with E-state index in [-0.39, 0.29) is 92.7 Å². The van der Waals surface area contributed by atoms with Crippen LogP contribution in [-0.4, -0.2) is 35.9 Å². The number of nitrogens with two attached hydrogens (primary N) is 1. The zero-order valence-corrected chi connectivity index (χ0v) is 26.6. The van der Waals surface area contributed by atoms with Crippen LogP contribution in [0.25, 0.3) is 10.5 Å². The molecular weight excluding hydrogens is 552 g/mol. The Balaban J connectivity index is 0.00000324. The number of hydrogen-bond acceptors (Lipinski definition) is 12. The van der Waals surface area contributed by atoms with Crippen molar-refractivity contribution in [2.75, 3.05) is 5.73 Å². The summed E-state index contributed by atoms with van der Waals surface area (Å²) in [6.45, 7) is 14.4. The summed E-state index contributed by atoms with van der Waals surface area (Å²) < 4.78 is 66.8. The molecule has 0 saturated carbocycles. The van der Waals surface area contributed by atoms with E-state index in [0.717, 1.165) is 34.4 Å². The summed E-state index contributed by atoms with van der Waals surface area (Å²) in [6.07, 6.45) is 0.